The number of carbonyl (C=O) groups is 1. The molecule has 0 bridgehead atoms. The van der Waals surface area contributed by atoms with Crippen LogP contribution in [0.2, 0.25) is 0 Å². The summed E-state index contributed by atoms with van der Waals surface area (Å²) in [5.74, 6) is 3.05. The fourth-order valence-electron chi connectivity index (χ4n) is 6.14. The summed E-state index contributed by atoms with van der Waals surface area (Å²) in [4.78, 5) is 13.5. The summed E-state index contributed by atoms with van der Waals surface area (Å²) in [6, 6.07) is 0. The molecule has 0 saturated heterocycles. The van der Waals surface area contributed by atoms with Crippen LogP contribution in [0, 0.1) is 17.8 Å². The molecule has 0 N–H and O–H groups in total. The molecule has 1 fully saturated rings. The highest BCUT2D eigenvalue weighted by Crippen LogP contribution is 2.45. The minimum absolute atomic E-state index is 0.0580. The van der Waals surface area contributed by atoms with E-state index in [9.17, 15) is 4.79 Å². The molecule has 3 heteroatoms. The van der Waals surface area contributed by atoms with Crippen molar-refractivity contribution in [2.24, 2.45) is 17.8 Å². The SMILES string of the molecule is CCCCCCCCCC(CCCCCCC1CC1CCCCCCCCCC(=O)OC)CCN(C)C. The Labute approximate surface area is 233 Å². The van der Waals surface area contributed by atoms with Crippen LogP contribution < -0.4 is 0 Å². The van der Waals surface area contributed by atoms with Gasteiger partial charge in [-0.25, -0.2) is 0 Å². The van der Waals surface area contributed by atoms with Crippen molar-refractivity contribution in [3.05, 3.63) is 0 Å². The number of carbonyl (C=O) groups excluding carboxylic acids is 1. The second-order valence-corrected chi connectivity index (χ2v) is 12.7. The molecule has 1 aliphatic carbocycles. The Kier molecular flexibility index (Phi) is 22.8. The Morgan fingerprint density at radius 1 is 0.676 bits per heavy atom. The van der Waals surface area contributed by atoms with Gasteiger partial charge < -0.3 is 9.64 Å². The van der Waals surface area contributed by atoms with E-state index in [1.165, 1.54) is 161 Å². The fourth-order valence-corrected chi connectivity index (χ4v) is 6.14. The van der Waals surface area contributed by atoms with Crippen LogP contribution in [0.15, 0.2) is 0 Å². The van der Waals surface area contributed by atoms with Crippen LogP contribution in [0.5, 0.6) is 0 Å². The van der Waals surface area contributed by atoms with Crippen LogP contribution in [-0.2, 0) is 9.53 Å². The molecule has 0 aromatic carbocycles. The molecular formula is C34H67NO2. The molecule has 1 saturated carbocycles. The summed E-state index contributed by atoms with van der Waals surface area (Å²) in [5.41, 5.74) is 0. The van der Waals surface area contributed by atoms with Gasteiger partial charge in [0.15, 0.2) is 0 Å². The summed E-state index contributed by atoms with van der Waals surface area (Å²) < 4.78 is 4.70. The van der Waals surface area contributed by atoms with Crippen molar-refractivity contribution in [2.75, 3.05) is 27.7 Å². The number of hydrogen-bond acceptors (Lipinski definition) is 3. The van der Waals surface area contributed by atoms with Crippen molar-refractivity contribution in [1.29, 1.82) is 0 Å². The Hall–Kier alpha value is -0.570. The average Bonchev–Trinajstić information content (AvgIpc) is 3.64. The normalized spacial score (nSPS) is 17.9. The first-order chi connectivity index (χ1) is 18.1. The molecule has 0 aliphatic heterocycles. The third-order valence-electron chi connectivity index (χ3n) is 8.89. The molecular weight excluding hydrogens is 454 g/mol. The average molecular weight is 522 g/mol. The molecule has 220 valence electrons. The fraction of sp³-hybridized carbons (Fsp3) is 0.971. The van der Waals surface area contributed by atoms with E-state index >= 15 is 0 Å². The highest BCUT2D eigenvalue weighted by atomic mass is 16.5. The number of esters is 1. The number of unbranched alkanes of at least 4 members (excludes halogenated alkanes) is 15. The summed E-state index contributed by atoms with van der Waals surface area (Å²) in [6.45, 7) is 3.57. The monoisotopic (exact) mass is 522 g/mol. The summed E-state index contributed by atoms with van der Waals surface area (Å²) in [7, 11) is 5.94. The van der Waals surface area contributed by atoms with E-state index in [1.54, 1.807) is 0 Å². The lowest BCUT2D eigenvalue weighted by molar-refractivity contribution is -0.140. The molecule has 3 atom stereocenters. The number of hydrogen-bond donors (Lipinski definition) is 0. The maximum atomic E-state index is 11.1. The third kappa shape index (κ3) is 22.0. The molecule has 1 aliphatic rings. The molecule has 0 heterocycles. The Morgan fingerprint density at radius 3 is 1.62 bits per heavy atom. The van der Waals surface area contributed by atoms with E-state index < -0.39 is 0 Å². The summed E-state index contributed by atoms with van der Waals surface area (Å²) in [6.07, 6.45) is 34.4. The van der Waals surface area contributed by atoms with Crippen LogP contribution in [0.1, 0.15) is 167 Å². The zero-order valence-electron chi connectivity index (χ0n) is 25.9. The number of methoxy groups -OCH3 is 1. The maximum absolute atomic E-state index is 11.1. The second kappa shape index (κ2) is 24.5. The molecule has 0 amide bonds. The molecule has 0 aromatic heterocycles. The van der Waals surface area contributed by atoms with Crippen molar-refractivity contribution in [3.63, 3.8) is 0 Å². The van der Waals surface area contributed by atoms with Gasteiger partial charge in [-0.1, -0.05) is 142 Å². The van der Waals surface area contributed by atoms with Gasteiger partial charge in [-0.05, 0) is 57.7 Å². The first-order valence-electron chi connectivity index (χ1n) is 16.8. The molecule has 3 nitrogen and oxygen atoms in total. The maximum Gasteiger partial charge on any atom is 0.305 e. The standard InChI is InChI=1S/C34H67NO2/c1-5-6-7-8-10-13-18-23-31(28-29-35(2)3)24-19-16-17-21-26-33-30-32(33)25-20-14-11-9-12-15-22-27-34(36)37-4/h31-33H,5-30H2,1-4H3. The van der Waals surface area contributed by atoms with Crippen molar-refractivity contribution < 1.29 is 9.53 Å². The first-order valence-corrected chi connectivity index (χ1v) is 16.8. The van der Waals surface area contributed by atoms with Gasteiger partial charge in [0.1, 0.15) is 0 Å². The quantitative estimate of drug-likeness (QED) is 0.0757. The summed E-state index contributed by atoms with van der Waals surface area (Å²) in [5, 5.41) is 0. The lowest BCUT2D eigenvalue weighted by Crippen LogP contribution is -2.17. The van der Waals surface area contributed by atoms with Gasteiger partial charge in [-0.3, -0.25) is 4.79 Å². The predicted molar refractivity (Wildman–Crippen MR) is 162 cm³/mol. The largest absolute Gasteiger partial charge is 0.469 e. The minimum atomic E-state index is -0.0580. The Morgan fingerprint density at radius 2 is 1.14 bits per heavy atom. The molecule has 0 radical (unpaired) electrons. The second-order valence-electron chi connectivity index (χ2n) is 12.7. The van der Waals surface area contributed by atoms with Crippen LogP contribution in [0.3, 0.4) is 0 Å². The van der Waals surface area contributed by atoms with E-state index in [4.69, 9.17) is 4.74 Å². The van der Waals surface area contributed by atoms with E-state index in [0.29, 0.717) is 6.42 Å². The van der Waals surface area contributed by atoms with Gasteiger partial charge in [0.25, 0.3) is 0 Å². The van der Waals surface area contributed by atoms with E-state index in [-0.39, 0.29) is 5.97 Å². The van der Waals surface area contributed by atoms with Gasteiger partial charge in [-0.15, -0.1) is 0 Å². The molecule has 3 unspecified atom stereocenters. The zero-order chi connectivity index (χ0) is 27.0. The highest BCUT2D eigenvalue weighted by molar-refractivity contribution is 5.68. The molecule has 37 heavy (non-hydrogen) atoms. The van der Waals surface area contributed by atoms with Crippen molar-refractivity contribution in [1.82, 2.24) is 4.90 Å². The number of rotatable bonds is 28. The smallest absolute Gasteiger partial charge is 0.305 e. The van der Waals surface area contributed by atoms with Gasteiger partial charge >= 0.3 is 5.97 Å². The predicted octanol–water partition coefficient (Wildman–Crippen LogP) is 10.4. The minimum Gasteiger partial charge on any atom is -0.469 e. The molecule has 0 spiro atoms. The highest BCUT2D eigenvalue weighted by Gasteiger charge is 2.35. The van der Waals surface area contributed by atoms with E-state index in [0.717, 1.165) is 24.2 Å². The van der Waals surface area contributed by atoms with Crippen LogP contribution in [-0.4, -0.2) is 38.6 Å². The van der Waals surface area contributed by atoms with E-state index in [1.807, 2.05) is 0 Å². The number of ether oxygens (including phenoxy) is 1. The lowest BCUT2D eigenvalue weighted by atomic mass is 9.91. The van der Waals surface area contributed by atoms with Crippen molar-refractivity contribution in [3.8, 4) is 0 Å². The van der Waals surface area contributed by atoms with Gasteiger partial charge in [0.2, 0.25) is 0 Å². The molecule has 1 rings (SSSR count). The van der Waals surface area contributed by atoms with E-state index in [2.05, 4.69) is 25.9 Å². The lowest BCUT2D eigenvalue weighted by Gasteiger charge is -2.19. The molecule has 0 aromatic rings. The topological polar surface area (TPSA) is 29.5 Å². The third-order valence-corrected chi connectivity index (χ3v) is 8.89. The summed E-state index contributed by atoms with van der Waals surface area (Å²) >= 11 is 0. The van der Waals surface area contributed by atoms with Crippen molar-refractivity contribution >= 4 is 5.97 Å². The van der Waals surface area contributed by atoms with Crippen LogP contribution >= 0.6 is 0 Å². The van der Waals surface area contributed by atoms with Gasteiger partial charge in [-0.2, -0.15) is 0 Å². The van der Waals surface area contributed by atoms with Gasteiger partial charge in [0.05, 0.1) is 7.11 Å². The number of nitrogens with zero attached hydrogens (tertiary/aromatic N) is 1. The Bertz CT molecular complexity index is 506. The first kappa shape index (κ1) is 34.5. The van der Waals surface area contributed by atoms with Gasteiger partial charge in [0, 0.05) is 6.42 Å². The van der Waals surface area contributed by atoms with Crippen molar-refractivity contribution in [2.45, 2.75) is 167 Å². The van der Waals surface area contributed by atoms with Crippen LogP contribution in [0.25, 0.3) is 0 Å². The van der Waals surface area contributed by atoms with Crippen LogP contribution in [0.4, 0.5) is 0 Å². The zero-order valence-corrected chi connectivity index (χ0v) is 25.9. The Balaban J connectivity index is 1.93.